The third-order valence-electron chi connectivity index (χ3n) is 24.6. The van der Waals surface area contributed by atoms with Gasteiger partial charge in [0.2, 0.25) is 11.8 Å². The van der Waals surface area contributed by atoms with E-state index in [4.69, 9.17) is 76.2 Å². The Labute approximate surface area is 758 Å². The maximum Gasteiger partial charge on any atom is 0.418 e. The van der Waals surface area contributed by atoms with Gasteiger partial charge in [0.25, 0.3) is 5.91 Å². The van der Waals surface area contributed by atoms with Crippen LogP contribution in [0, 0.1) is 26.6 Å². The Hall–Kier alpha value is -11.1. The van der Waals surface area contributed by atoms with Crippen molar-refractivity contribution < 1.29 is 76.9 Å². The first-order chi connectivity index (χ1) is 61.2. The highest BCUT2D eigenvalue weighted by molar-refractivity contribution is 6.35. The summed E-state index contributed by atoms with van der Waals surface area (Å²) in [7, 11) is 9.94. The Bertz CT molecular complexity index is 5650. The summed E-state index contributed by atoms with van der Waals surface area (Å²) in [6.45, 7) is 24.0. The zero-order valence-corrected chi connectivity index (χ0v) is 75.7. The molecule has 10 heterocycles. The number of ether oxygens (including phenoxy) is 3. The van der Waals surface area contributed by atoms with Crippen molar-refractivity contribution in [2.75, 3.05) is 139 Å². The minimum atomic E-state index is -4.89. The van der Waals surface area contributed by atoms with Crippen LogP contribution in [0.4, 0.5) is 83.2 Å². The molecule has 3 aromatic carbocycles. The predicted molar refractivity (Wildman–Crippen MR) is 479 cm³/mol. The Morgan fingerprint density at radius 3 is 1.27 bits per heavy atom. The van der Waals surface area contributed by atoms with Crippen molar-refractivity contribution in [3.63, 3.8) is 0 Å². The number of aromatic nitrogens is 9. The van der Waals surface area contributed by atoms with E-state index in [1.54, 1.807) is 33.8 Å². The number of likely N-dealkylation sites (N-methyl/N-ethyl adjacent to an activating group) is 3. The first-order valence-corrected chi connectivity index (χ1v) is 43.4. The summed E-state index contributed by atoms with van der Waals surface area (Å²) in [6.07, 6.45) is -4.57. The van der Waals surface area contributed by atoms with Gasteiger partial charge in [0.15, 0.2) is 11.6 Å². The minimum absolute atomic E-state index is 0.0469. The fourth-order valence-electron chi connectivity index (χ4n) is 18.3. The van der Waals surface area contributed by atoms with Crippen LogP contribution in [0.25, 0.3) is 66.5 Å². The summed E-state index contributed by atoms with van der Waals surface area (Å²) in [5.74, 6) is -2.49. The number of carbonyl (C=O) groups is 3. The maximum absolute atomic E-state index is 16.5. The number of carbonyl (C=O) groups excluding carboxylic acids is 3. The number of piperazine rings is 3. The molecule has 15 rings (SSSR count). The molecule has 6 N–H and O–H groups in total. The first-order valence-electron chi connectivity index (χ1n) is 42.2. The van der Waals surface area contributed by atoms with E-state index in [0.717, 1.165) is 64.0 Å². The largest absolute Gasteiger partial charge is 0.462 e. The highest BCUT2D eigenvalue weighted by Gasteiger charge is 2.44. The molecule has 2 aliphatic carbocycles. The lowest BCUT2D eigenvalue weighted by molar-refractivity contribution is -0.138. The van der Waals surface area contributed by atoms with E-state index < -0.39 is 70.1 Å². The molecule has 6 aromatic heterocycles. The number of nitrogens with two attached hydrogens (primary N) is 3. The van der Waals surface area contributed by atoms with Crippen LogP contribution in [0.1, 0.15) is 106 Å². The third kappa shape index (κ3) is 20.5. The van der Waals surface area contributed by atoms with Crippen molar-refractivity contribution in [3.8, 4) is 51.8 Å². The standard InChI is InChI=1S/2C30H35ClF3N7O2.C29H31ClF5N7O2/c2*1-6-25(42)40-10-11-41(17(3)15-40)28-19-13-20(31)18(27-26(30(32,33)34)16(2)12-24(35)37-27)14-21(19)36-29(38-28)43-23-9-7-8-22(23)39(4)5;1-14-10-20(36)37-25(22(14)29(33,34)35)21-19(30)11-18-24(23(21)32)38-28(44-13-17-6-5-7-40(17)4)39-26(18)42-9-8-41(12-15(42)2)27(43)16(3)31/h2*6,12-14,17,22-23H,1,7-11,15H2,2-5H3,(H2,35,37);10-11,15,17H,3,5-9,12-13H2,1-2,4H3,(H2,36,37)/t17-,22?,23?;;/m0../s1. The van der Waals surface area contributed by atoms with Gasteiger partial charge in [-0.2, -0.15) is 69.4 Å². The maximum atomic E-state index is 16.5. The normalized spacial score (nSPS) is 20.6. The van der Waals surface area contributed by atoms with Crippen LogP contribution in [0.3, 0.4) is 0 Å². The van der Waals surface area contributed by atoms with Crippen molar-refractivity contribution >= 4 is 120 Å². The van der Waals surface area contributed by atoms with Gasteiger partial charge in [0.1, 0.15) is 59.2 Å². The quantitative estimate of drug-likeness (QED) is 0.0531. The molecule has 130 heavy (non-hydrogen) atoms. The topological polar surface area (TPSA) is 302 Å². The van der Waals surface area contributed by atoms with Crippen LogP contribution in [0.2, 0.25) is 15.1 Å². The average molecular weight is 1880 g/mol. The molecule has 696 valence electrons. The molecule has 0 bridgehead atoms. The highest BCUT2D eigenvalue weighted by Crippen LogP contribution is 2.49. The van der Waals surface area contributed by atoms with E-state index in [1.807, 2.05) is 58.9 Å². The Balaban J connectivity index is 0.000000166. The van der Waals surface area contributed by atoms with Crippen LogP contribution in [-0.4, -0.2) is 248 Å². The van der Waals surface area contributed by atoms with Crippen molar-refractivity contribution in [2.24, 2.45) is 0 Å². The van der Waals surface area contributed by atoms with Crippen LogP contribution in [-0.2, 0) is 32.9 Å². The SMILES string of the molecule is C=C(F)C(=O)N1CCN(c2nc(OCC3CCCN3C)nc3c(F)c(-c4nc(N)cc(C)c4C(F)(F)F)c(Cl)cc23)C(C)C1.C=CC(=O)N1CCN(c2nc(OC3CCCC3N(C)C)nc3cc(-c4nc(N)cc(C)c4C(F)(F)F)c(Cl)cc23)C(C)C1.C=CC(=O)N1CCN(c2nc(OC3CCCC3N(C)C)nc3cc(-c4nc(N)cc(C)c4C(F)(F)F)c(Cl)cc23)[C@@H](C)C1. The van der Waals surface area contributed by atoms with E-state index >= 15 is 4.39 Å². The molecule has 0 radical (unpaired) electrons. The van der Waals surface area contributed by atoms with Crippen LogP contribution in [0.5, 0.6) is 18.0 Å². The molecule has 8 atom stereocenters. The number of hydrogen-bond donors (Lipinski definition) is 3. The number of anilines is 6. The van der Waals surface area contributed by atoms with Gasteiger partial charge in [-0.25, -0.2) is 23.7 Å². The van der Waals surface area contributed by atoms with Gasteiger partial charge < -0.3 is 75.5 Å². The van der Waals surface area contributed by atoms with Crippen molar-refractivity contribution in [3.05, 3.63) is 141 Å². The summed E-state index contributed by atoms with van der Waals surface area (Å²) < 4.78 is 177. The fourth-order valence-corrected chi connectivity index (χ4v) is 19.0. The van der Waals surface area contributed by atoms with Gasteiger partial charge in [-0.05, 0) is 212 Å². The second-order valence-corrected chi connectivity index (χ2v) is 35.2. The second-order valence-electron chi connectivity index (χ2n) is 34.0. The number of nitrogen functional groups attached to an aromatic ring is 3. The lowest BCUT2D eigenvalue weighted by Crippen LogP contribution is -2.54. The van der Waals surface area contributed by atoms with Gasteiger partial charge in [-0.15, -0.1) is 0 Å². The Kier molecular flexibility index (Phi) is 28.8. The molecular formula is C89H101Cl3F11N21O6. The van der Waals surface area contributed by atoms with E-state index in [0.29, 0.717) is 72.7 Å². The number of likely N-dealkylation sites (tertiary alicyclic amines) is 1. The summed E-state index contributed by atoms with van der Waals surface area (Å²) in [4.78, 5) is 93.6. The van der Waals surface area contributed by atoms with Gasteiger partial charge in [-0.1, -0.05) is 54.5 Å². The minimum Gasteiger partial charge on any atom is -0.462 e. The van der Waals surface area contributed by atoms with Gasteiger partial charge >= 0.3 is 36.6 Å². The van der Waals surface area contributed by atoms with Crippen LogP contribution in [0.15, 0.2) is 86.2 Å². The lowest BCUT2D eigenvalue weighted by atomic mass is 9.99. The number of pyridine rings is 3. The number of alkyl halides is 9. The molecule has 7 unspecified atom stereocenters. The molecule has 6 aliphatic rings. The van der Waals surface area contributed by atoms with Gasteiger partial charge in [-0.3, -0.25) is 14.4 Å². The molecule has 27 nitrogen and oxygen atoms in total. The van der Waals surface area contributed by atoms with Crippen molar-refractivity contribution in [1.29, 1.82) is 0 Å². The van der Waals surface area contributed by atoms with E-state index in [9.17, 15) is 58.3 Å². The summed E-state index contributed by atoms with van der Waals surface area (Å²) in [5.41, 5.74) is 12.6. The molecule has 3 amide bonds. The van der Waals surface area contributed by atoms with Crippen LogP contribution < -0.4 is 46.1 Å². The van der Waals surface area contributed by atoms with Crippen LogP contribution >= 0.6 is 34.8 Å². The van der Waals surface area contributed by atoms with E-state index in [-0.39, 0.29) is 187 Å². The van der Waals surface area contributed by atoms with Gasteiger partial charge in [0.05, 0.1) is 65.4 Å². The molecule has 9 aromatic rings. The molecule has 4 aliphatic heterocycles. The number of amides is 3. The summed E-state index contributed by atoms with van der Waals surface area (Å²) in [6, 6.07) is 10.6. The van der Waals surface area contributed by atoms with Gasteiger partial charge in [0, 0.05) is 122 Å². The number of rotatable bonds is 18. The number of fused-ring (bicyclic) bond motifs is 3. The number of nitrogens with zero attached hydrogens (tertiary/aromatic N) is 18. The number of hydrogen-bond acceptors (Lipinski definition) is 24. The van der Waals surface area contributed by atoms with Crippen molar-refractivity contribution in [2.45, 2.75) is 160 Å². The molecule has 2 saturated carbocycles. The Morgan fingerprint density at radius 1 is 0.500 bits per heavy atom. The monoisotopic (exact) mass is 1870 g/mol. The van der Waals surface area contributed by atoms with Crippen molar-refractivity contribution in [1.82, 2.24) is 74.3 Å². The lowest BCUT2D eigenvalue weighted by Gasteiger charge is -2.40. The highest BCUT2D eigenvalue weighted by atomic mass is 35.5. The number of aryl methyl sites for hydroxylation is 3. The molecule has 4 saturated heterocycles. The first kappa shape index (κ1) is 96.5. The summed E-state index contributed by atoms with van der Waals surface area (Å²) in [5, 5.41) is 0.926. The number of benzene rings is 3. The average Bonchev–Trinajstić information content (AvgIpc) is 1.24. The Morgan fingerprint density at radius 2 is 0.885 bits per heavy atom. The predicted octanol–water partition coefficient (Wildman–Crippen LogP) is 16.1. The fraction of sp³-hybridized carbons (Fsp3) is 0.461. The zero-order chi connectivity index (χ0) is 94.5. The van der Waals surface area contributed by atoms with E-state index in [2.05, 4.69) is 69.3 Å². The molecule has 41 heteroatoms. The second kappa shape index (κ2) is 38.8. The zero-order valence-electron chi connectivity index (χ0n) is 73.5. The number of halogens is 14. The third-order valence-corrected chi connectivity index (χ3v) is 25.5. The van der Waals surface area contributed by atoms with E-state index in [1.165, 1.54) is 68.2 Å². The molecule has 6 fully saturated rings. The smallest absolute Gasteiger partial charge is 0.418 e. The molecule has 0 spiro atoms. The molecular weight excluding hydrogens is 1770 g/mol. The summed E-state index contributed by atoms with van der Waals surface area (Å²) >= 11 is 19.9.